The van der Waals surface area contributed by atoms with E-state index in [1.165, 1.54) is 4.57 Å². The maximum Gasteiger partial charge on any atom is 0.330 e. The molecule has 27 heavy (non-hydrogen) atoms. The summed E-state index contributed by atoms with van der Waals surface area (Å²) in [5.74, 6) is 0.647. The Morgan fingerprint density at radius 1 is 1.11 bits per heavy atom. The minimum Gasteiger partial charge on any atom is -0.383 e. The van der Waals surface area contributed by atoms with Crippen LogP contribution in [0.3, 0.4) is 0 Å². The maximum atomic E-state index is 12.6. The first kappa shape index (κ1) is 18.9. The summed E-state index contributed by atoms with van der Waals surface area (Å²) in [6.45, 7) is 3.37. The highest BCUT2D eigenvalue weighted by molar-refractivity contribution is 5.77. The number of methoxy groups -OCH3 is 1. The lowest BCUT2D eigenvalue weighted by molar-refractivity contribution is 0.188. The maximum absolute atomic E-state index is 12.6. The average molecular weight is 371 g/mol. The topological polar surface area (TPSA) is 85.1 Å². The highest BCUT2D eigenvalue weighted by atomic mass is 16.5. The number of aromatic amines is 1. The van der Waals surface area contributed by atoms with Gasteiger partial charge in [-0.25, -0.2) is 9.78 Å². The molecule has 2 aromatic heterocycles. The summed E-state index contributed by atoms with van der Waals surface area (Å²) in [5.41, 5.74) is 1.89. The van der Waals surface area contributed by atoms with Gasteiger partial charge in [0.25, 0.3) is 5.56 Å². The molecule has 3 aromatic rings. The van der Waals surface area contributed by atoms with Gasteiger partial charge in [-0.1, -0.05) is 6.92 Å². The van der Waals surface area contributed by atoms with Crippen molar-refractivity contribution in [3.63, 3.8) is 0 Å². The monoisotopic (exact) mass is 371 g/mol. The normalized spacial score (nSPS) is 11.3. The van der Waals surface area contributed by atoms with E-state index in [4.69, 9.17) is 4.74 Å². The van der Waals surface area contributed by atoms with Crippen LogP contribution in [0.5, 0.6) is 0 Å². The zero-order valence-electron chi connectivity index (χ0n) is 16.2. The van der Waals surface area contributed by atoms with Crippen molar-refractivity contribution in [3.8, 4) is 11.4 Å². The predicted octanol–water partition coefficient (Wildman–Crippen LogP) is 1.68. The van der Waals surface area contributed by atoms with Crippen LogP contribution in [0.1, 0.15) is 13.3 Å². The van der Waals surface area contributed by atoms with Crippen molar-refractivity contribution in [1.82, 2.24) is 19.1 Å². The van der Waals surface area contributed by atoms with Crippen molar-refractivity contribution in [2.45, 2.75) is 26.4 Å². The smallest absolute Gasteiger partial charge is 0.330 e. The lowest BCUT2D eigenvalue weighted by atomic mass is 10.2. The molecule has 8 nitrogen and oxygen atoms in total. The number of nitrogens with one attached hydrogen (secondary N) is 1. The molecule has 0 aliphatic rings. The molecule has 0 atom stereocenters. The van der Waals surface area contributed by atoms with Gasteiger partial charge < -0.3 is 14.2 Å². The fourth-order valence-corrected chi connectivity index (χ4v) is 3.13. The van der Waals surface area contributed by atoms with E-state index in [9.17, 15) is 9.59 Å². The molecule has 0 unspecified atom stereocenters. The second kappa shape index (κ2) is 7.79. The van der Waals surface area contributed by atoms with Gasteiger partial charge in [-0.15, -0.1) is 0 Å². The second-order valence-corrected chi connectivity index (χ2v) is 6.60. The van der Waals surface area contributed by atoms with Crippen LogP contribution in [-0.2, 0) is 17.8 Å². The minimum atomic E-state index is -0.430. The number of nitrogens with zero attached hydrogens (tertiary/aromatic N) is 4. The molecule has 8 heteroatoms. The fraction of sp³-hybridized carbons (Fsp3) is 0.421. The van der Waals surface area contributed by atoms with Gasteiger partial charge in [-0.2, -0.15) is 0 Å². The molecule has 0 radical (unpaired) electrons. The van der Waals surface area contributed by atoms with E-state index in [-0.39, 0.29) is 0 Å². The molecule has 0 bridgehead atoms. The number of hydrogen-bond acceptors (Lipinski definition) is 5. The van der Waals surface area contributed by atoms with Crippen LogP contribution >= 0.6 is 0 Å². The SMILES string of the molecule is CCCn1c(=O)[nH]c(=O)c2c1nc(-c1ccc(N(C)C)cc1)n2CCOC. The lowest BCUT2D eigenvalue weighted by Crippen LogP contribution is -2.31. The Labute approximate surface area is 157 Å². The molecule has 2 heterocycles. The number of aryl methyl sites for hydroxylation is 1. The first-order valence-electron chi connectivity index (χ1n) is 8.98. The van der Waals surface area contributed by atoms with Crippen LogP contribution in [0.2, 0.25) is 0 Å². The number of fused-ring (bicyclic) bond motifs is 1. The van der Waals surface area contributed by atoms with Crippen molar-refractivity contribution in [2.24, 2.45) is 0 Å². The van der Waals surface area contributed by atoms with Crippen molar-refractivity contribution in [1.29, 1.82) is 0 Å². The van der Waals surface area contributed by atoms with Gasteiger partial charge in [-0.05, 0) is 30.7 Å². The number of aromatic nitrogens is 4. The van der Waals surface area contributed by atoms with Crippen LogP contribution < -0.4 is 16.1 Å². The number of anilines is 1. The number of rotatable bonds is 7. The van der Waals surface area contributed by atoms with E-state index in [2.05, 4.69) is 9.97 Å². The summed E-state index contributed by atoms with van der Waals surface area (Å²) in [7, 11) is 5.57. The van der Waals surface area contributed by atoms with Crippen LogP contribution in [0.4, 0.5) is 5.69 Å². The summed E-state index contributed by atoms with van der Waals surface area (Å²) >= 11 is 0. The Morgan fingerprint density at radius 2 is 1.81 bits per heavy atom. The van der Waals surface area contributed by atoms with Gasteiger partial charge in [0.1, 0.15) is 5.82 Å². The molecule has 0 saturated carbocycles. The number of imidazole rings is 1. The van der Waals surface area contributed by atoms with Gasteiger partial charge in [0.2, 0.25) is 0 Å². The van der Waals surface area contributed by atoms with E-state index in [0.717, 1.165) is 17.7 Å². The standard InChI is InChI=1S/C19H25N5O3/c1-5-10-24-17-15(18(25)21-19(24)26)23(11-12-27-4)16(20-17)13-6-8-14(9-7-13)22(2)3/h6-9H,5,10-12H2,1-4H3,(H,21,25,26). The molecule has 0 fully saturated rings. The van der Waals surface area contributed by atoms with E-state index < -0.39 is 11.2 Å². The van der Waals surface area contributed by atoms with Crippen molar-refractivity contribution >= 4 is 16.9 Å². The summed E-state index contributed by atoms with van der Waals surface area (Å²) in [6, 6.07) is 7.93. The Morgan fingerprint density at radius 3 is 2.41 bits per heavy atom. The molecule has 0 amide bonds. The zero-order valence-corrected chi connectivity index (χ0v) is 16.2. The van der Waals surface area contributed by atoms with Crippen LogP contribution in [-0.4, -0.2) is 46.9 Å². The molecule has 144 valence electrons. The summed E-state index contributed by atoms with van der Waals surface area (Å²) < 4.78 is 8.56. The molecule has 1 N–H and O–H groups in total. The van der Waals surface area contributed by atoms with Crippen molar-refractivity contribution in [3.05, 3.63) is 45.1 Å². The Bertz CT molecular complexity index is 1040. The average Bonchev–Trinajstić information content (AvgIpc) is 3.03. The van der Waals surface area contributed by atoms with E-state index in [1.54, 1.807) is 7.11 Å². The molecule has 1 aromatic carbocycles. The third-order valence-corrected chi connectivity index (χ3v) is 4.49. The molecule has 0 aliphatic heterocycles. The first-order chi connectivity index (χ1) is 13.0. The highest BCUT2D eigenvalue weighted by Gasteiger charge is 2.19. The van der Waals surface area contributed by atoms with Crippen LogP contribution in [0.15, 0.2) is 33.9 Å². The van der Waals surface area contributed by atoms with E-state index >= 15 is 0 Å². The van der Waals surface area contributed by atoms with Crippen LogP contribution in [0.25, 0.3) is 22.6 Å². The van der Waals surface area contributed by atoms with Crippen molar-refractivity contribution < 1.29 is 4.74 Å². The number of H-pyrrole nitrogens is 1. The summed E-state index contributed by atoms with van der Waals surface area (Å²) in [4.78, 5) is 33.9. The Balaban J connectivity index is 2.27. The molecular formula is C19H25N5O3. The largest absolute Gasteiger partial charge is 0.383 e. The Hall–Kier alpha value is -2.87. The van der Waals surface area contributed by atoms with Gasteiger partial charge in [-0.3, -0.25) is 14.3 Å². The number of benzene rings is 1. The molecular weight excluding hydrogens is 346 g/mol. The molecule has 3 rings (SSSR count). The highest BCUT2D eigenvalue weighted by Crippen LogP contribution is 2.25. The predicted molar refractivity (Wildman–Crippen MR) is 107 cm³/mol. The third-order valence-electron chi connectivity index (χ3n) is 4.49. The Kier molecular flexibility index (Phi) is 5.46. The third kappa shape index (κ3) is 3.52. The van der Waals surface area contributed by atoms with Gasteiger partial charge in [0, 0.05) is 45.5 Å². The molecule has 0 aliphatic carbocycles. The van der Waals surface area contributed by atoms with E-state index in [0.29, 0.717) is 36.7 Å². The number of ether oxygens (including phenoxy) is 1. The fourth-order valence-electron chi connectivity index (χ4n) is 3.13. The second-order valence-electron chi connectivity index (χ2n) is 6.60. The van der Waals surface area contributed by atoms with Gasteiger partial charge in [0.05, 0.1) is 6.61 Å². The van der Waals surface area contributed by atoms with Gasteiger partial charge in [0.15, 0.2) is 11.2 Å². The van der Waals surface area contributed by atoms with E-state index in [1.807, 2.05) is 54.8 Å². The molecule has 0 spiro atoms. The first-order valence-corrected chi connectivity index (χ1v) is 8.98. The quantitative estimate of drug-likeness (QED) is 0.683. The zero-order chi connectivity index (χ0) is 19.6. The molecule has 0 saturated heterocycles. The van der Waals surface area contributed by atoms with Crippen molar-refractivity contribution in [2.75, 3.05) is 32.7 Å². The number of hydrogen-bond donors (Lipinski definition) is 1. The lowest BCUT2D eigenvalue weighted by Gasteiger charge is -2.13. The minimum absolute atomic E-state index is 0.395. The van der Waals surface area contributed by atoms with Crippen LogP contribution in [0, 0.1) is 0 Å². The summed E-state index contributed by atoms with van der Waals surface area (Å²) in [5, 5.41) is 0. The summed E-state index contributed by atoms with van der Waals surface area (Å²) in [6.07, 6.45) is 0.763. The van der Waals surface area contributed by atoms with Gasteiger partial charge >= 0.3 is 5.69 Å².